The number of nitrogens with zero attached hydrogens (tertiary/aromatic N) is 2. The Labute approximate surface area is 160 Å². The van der Waals surface area contributed by atoms with Gasteiger partial charge in [0.25, 0.3) is 5.91 Å². The summed E-state index contributed by atoms with van der Waals surface area (Å²) < 4.78 is 50.1. The lowest BCUT2D eigenvalue weighted by Crippen LogP contribution is -2.54. The number of benzene rings is 2. The molecule has 5 nitrogen and oxygen atoms in total. The maximum atomic E-state index is 12.9. The average Bonchev–Trinajstić information content (AvgIpc) is 2.72. The highest BCUT2D eigenvalue weighted by molar-refractivity contribution is 5.82. The molecule has 148 valence electrons. The summed E-state index contributed by atoms with van der Waals surface area (Å²) in [7, 11) is 0. The highest BCUT2D eigenvalue weighted by Crippen LogP contribution is 2.33. The Bertz CT molecular complexity index is 864. The highest BCUT2D eigenvalue weighted by atomic mass is 19.4. The fourth-order valence-corrected chi connectivity index (χ4v) is 3.41. The standard InChI is InChI=1S/C20H19F3N2O3/c21-20(22,23)14-4-3-5-15(12-14)24-8-10-25(11-9-24)19(26)18-13-27-16-6-1-2-7-17(16)28-18/h1-7,12,18H,8-11,13H2/t18-/m1/s1. The molecule has 2 aliphatic rings. The number of para-hydroxylation sites is 2. The van der Waals surface area contributed by atoms with Crippen LogP contribution in [0.2, 0.25) is 0 Å². The summed E-state index contributed by atoms with van der Waals surface area (Å²) in [5.74, 6) is 0.980. The Morgan fingerprint density at radius 1 is 0.964 bits per heavy atom. The molecule has 1 atom stereocenters. The van der Waals surface area contributed by atoms with E-state index in [1.54, 1.807) is 23.1 Å². The van der Waals surface area contributed by atoms with Crippen molar-refractivity contribution in [1.29, 1.82) is 0 Å². The summed E-state index contributed by atoms with van der Waals surface area (Å²) >= 11 is 0. The lowest BCUT2D eigenvalue weighted by Gasteiger charge is -2.38. The molecule has 28 heavy (non-hydrogen) atoms. The van der Waals surface area contributed by atoms with E-state index < -0.39 is 17.8 Å². The second kappa shape index (κ2) is 7.26. The second-order valence-electron chi connectivity index (χ2n) is 6.72. The van der Waals surface area contributed by atoms with E-state index in [9.17, 15) is 18.0 Å². The van der Waals surface area contributed by atoms with Gasteiger partial charge in [-0.25, -0.2) is 0 Å². The van der Waals surface area contributed by atoms with Crippen molar-refractivity contribution in [2.45, 2.75) is 12.3 Å². The van der Waals surface area contributed by atoms with Crippen LogP contribution < -0.4 is 14.4 Å². The summed E-state index contributed by atoms with van der Waals surface area (Å²) in [6.45, 7) is 1.88. The molecule has 2 heterocycles. The molecule has 0 unspecified atom stereocenters. The summed E-state index contributed by atoms with van der Waals surface area (Å²) in [6, 6.07) is 12.4. The van der Waals surface area contributed by atoms with E-state index in [0.29, 0.717) is 43.4 Å². The van der Waals surface area contributed by atoms with Crippen molar-refractivity contribution < 1.29 is 27.4 Å². The number of hydrogen-bond acceptors (Lipinski definition) is 4. The van der Waals surface area contributed by atoms with E-state index in [1.165, 1.54) is 6.07 Å². The van der Waals surface area contributed by atoms with E-state index in [2.05, 4.69) is 0 Å². The number of rotatable bonds is 2. The molecule has 0 N–H and O–H groups in total. The largest absolute Gasteiger partial charge is 0.485 e. The average molecular weight is 392 g/mol. The van der Waals surface area contributed by atoms with Gasteiger partial charge < -0.3 is 19.3 Å². The molecule has 2 aromatic rings. The van der Waals surface area contributed by atoms with Crippen LogP contribution in [0.25, 0.3) is 0 Å². The lowest BCUT2D eigenvalue weighted by molar-refractivity contribution is -0.141. The van der Waals surface area contributed by atoms with Gasteiger partial charge >= 0.3 is 6.18 Å². The third-order valence-electron chi connectivity index (χ3n) is 4.91. The molecule has 2 aliphatic heterocycles. The van der Waals surface area contributed by atoms with Crippen molar-refractivity contribution in [3.8, 4) is 11.5 Å². The monoisotopic (exact) mass is 392 g/mol. The number of anilines is 1. The van der Waals surface area contributed by atoms with E-state index in [4.69, 9.17) is 9.47 Å². The van der Waals surface area contributed by atoms with E-state index in [1.807, 2.05) is 17.0 Å². The number of piperazine rings is 1. The Morgan fingerprint density at radius 3 is 2.39 bits per heavy atom. The first-order valence-electron chi connectivity index (χ1n) is 9.01. The fourth-order valence-electron chi connectivity index (χ4n) is 3.41. The van der Waals surface area contributed by atoms with Gasteiger partial charge in [0.2, 0.25) is 6.10 Å². The number of amides is 1. The minimum absolute atomic E-state index is 0.143. The van der Waals surface area contributed by atoms with Crippen LogP contribution in [0.3, 0.4) is 0 Å². The van der Waals surface area contributed by atoms with Crippen molar-refractivity contribution in [3.05, 3.63) is 54.1 Å². The molecule has 1 fully saturated rings. The Balaban J connectivity index is 1.38. The van der Waals surface area contributed by atoms with Crippen LogP contribution in [0.4, 0.5) is 18.9 Å². The van der Waals surface area contributed by atoms with Gasteiger partial charge in [0.05, 0.1) is 5.56 Å². The van der Waals surface area contributed by atoms with Crippen molar-refractivity contribution in [2.24, 2.45) is 0 Å². The van der Waals surface area contributed by atoms with Crippen LogP contribution in [0, 0.1) is 0 Å². The lowest BCUT2D eigenvalue weighted by atomic mass is 10.1. The molecule has 0 spiro atoms. The van der Waals surface area contributed by atoms with Gasteiger partial charge in [-0.1, -0.05) is 18.2 Å². The molecular weight excluding hydrogens is 373 g/mol. The Kier molecular flexibility index (Phi) is 4.78. The zero-order chi connectivity index (χ0) is 19.7. The normalized spacial score (nSPS) is 19.5. The molecular formula is C20H19F3N2O3. The summed E-state index contributed by atoms with van der Waals surface area (Å²) in [5.41, 5.74) is -0.164. The molecule has 8 heteroatoms. The number of carbonyl (C=O) groups is 1. The van der Waals surface area contributed by atoms with Gasteiger partial charge in [-0.05, 0) is 30.3 Å². The first kappa shape index (κ1) is 18.5. The first-order valence-corrected chi connectivity index (χ1v) is 9.01. The fraction of sp³-hybridized carbons (Fsp3) is 0.350. The summed E-state index contributed by atoms with van der Waals surface area (Å²) in [4.78, 5) is 16.3. The Hall–Kier alpha value is -2.90. The van der Waals surface area contributed by atoms with Gasteiger partial charge in [0, 0.05) is 31.9 Å². The van der Waals surface area contributed by atoms with Gasteiger partial charge in [-0.3, -0.25) is 4.79 Å². The van der Waals surface area contributed by atoms with Crippen molar-refractivity contribution >= 4 is 11.6 Å². The maximum Gasteiger partial charge on any atom is 0.416 e. The second-order valence-corrected chi connectivity index (χ2v) is 6.72. The smallest absolute Gasteiger partial charge is 0.416 e. The van der Waals surface area contributed by atoms with Gasteiger partial charge in [0.1, 0.15) is 6.61 Å². The Morgan fingerprint density at radius 2 is 1.68 bits per heavy atom. The number of fused-ring (bicyclic) bond motifs is 1. The predicted octanol–water partition coefficient (Wildman–Crippen LogP) is 3.19. The number of carbonyl (C=O) groups excluding carboxylic acids is 1. The maximum absolute atomic E-state index is 12.9. The van der Waals surface area contributed by atoms with Crippen LogP contribution in [0.15, 0.2) is 48.5 Å². The number of ether oxygens (including phenoxy) is 2. The molecule has 0 aromatic heterocycles. The van der Waals surface area contributed by atoms with Crippen molar-refractivity contribution in [3.63, 3.8) is 0 Å². The molecule has 0 saturated carbocycles. The third kappa shape index (κ3) is 3.72. The van der Waals surface area contributed by atoms with Gasteiger partial charge in [-0.2, -0.15) is 13.2 Å². The molecule has 4 rings (SSSR count). The summed E-state index contributed by atoms with van der Waals surface area (Å²) in [6.07, 6.45) is -5.09. The first-order chi connectivity index (χ1) is 13.4. The van der Waals surface area contributed by atoms with Gasteiger partial charge in [0.15, 0.2) is 11.5 Å². The summed E-state index contributed by atoms with van der Waals surface area (Å²) in [5, 5.41) is 0. The quantitative estimate of drug-likeness (QED) is 0.787. The van der Waals surface area contributed by atoms with Crippen molar-refractivity contribution in [1.82, 2.24) is 4.90 Å². The highest BCUT2D eigenvalue weighted by Gasteiger charge is 2.34. The van der Waals surface area contributed by atoms with E-state index in [-0.39, 0.29) is 12.5 Å². The van der Waals surface area contributed by atoms with Crippen LogP contribution in [0.1, 0.15) is 5.56 Å². The van der Waals surface area contributed by atoms with Gasteiger partial charge in [-0.15, -0.1) is 0 Å². The molecule has 0 radical (unpaired) electrons. The predicted molar refractivity (Wildman–Crippen MR) is 96.6 cm³/mol. The molecule has 1 amide bonds. The van der Waals surface area contributed by atoms with Crippen molar-refractivity contribution in [2.75, 3.05) is 37.7 Å². The molecule has 0 bridgehead atoms. The number of alkyl halides is 3. The van der Waals surface area contributed by atoms with E-state index in [0.717, 1.165) is 12.1 Å². The van der Waals surface area contributed by atoms with Crippen LogP contribution >= 0.6 is 0 Å². The topological polar surface area (TPSA) is 42.0 Å². The zero-order valence-electron chi connectivity index (χ0n) is 15.0. The molecule has 0 aliphatic carbocycles. The number of halogens is 3. The van der Waals surface area contributed by atoms with Crippen LogP contribution in [-0.4, -0.2) is 49.7 Å². The number of hydrogen-bond donors (Lipinski definition) is 0. The minimum atomic E-state index is -4.37. The third-order valence-corrected chi connectivity index (χ3v) is 4.91. The van der Waals surface area contributed by atoms with E-state index >= 15 is 0 Å². The SMILES string of the molecule is O=C([C@H]1COc2ccccc2O1)N1CCN(c2cccc(C(F)(F)F)c2)CC1. The molecule has 1 saturated heterocycles. The van der Waals surface area contributed by atoms with Crippen LogP contribution in [0.5, 0.6) is 11.5 Å². The van der Waals surface area contributed by atoms with Crippen LogP contribution in [-0.2, 0) is 11.0 Å². The zero-order valence-corrected chi connectivity index (χ0v) is 15.0. The minimum Gasteiger partial charge on any atom is -0.485 e. The molecule has 2 aromatic carbocycles.